The molecule has 5 saturated heterocycles. The van der Waals surface area contributed by atoms with Gasteiger partial charge in [-0.15, -0.1) is 0 Å². The minimum atomic E-state index is -1.14. The predicted octanol–water partition coefficient (Wildman–Crippen LogP) is 12.6. The van der Waals surface area contributed by atoms with E-state index < -0.39 is 55.5 Å². The number of carbonyl (C=O) groups excluding carboxylic acids is 7. The predicted molar refractivity (Wildman–Crippen MR) is 412 cm³/mol. The fourth-order valence-electron chi connectivity index (χ4n) is 12.6. The minimum Gasteiger partial charge on any atom is -0.454 e. The van der Waals surface area contributed by atoms with Crippen LogP contribution in [0.1, 0.15) is 242 Å². The number of hydrogen-bond acceptors (Lipinski definition) is 22. The van der Waals surface area contributed by atoms with Crippen LogP contribution in [0.5, 0.6) is 0 Å². The second kappa shape index (κ2) is 52.1. The zero-order valence-corrected chi connectivity index (χ0v) is 68.0. The SMILES string of the molecule is CCC1OC(N2CN=C(N)NC2=O)CC1C.CCCCCCCCCOC(=O)Cl.CCCCCCCCCOC(=O)N1CN(C2CC(C)C(CC)O2)C(=O)NC1=N.CCCCCCCCCOC(=O)NC1=NCN(C2CC(C)C(CC)O2)C(=O)N1.C[Si](C)(C)Cl.NC1=NCN(C2CC(O)C(CO)O2)C(=O)N1. The number of aliphatic hydroxyl groups is 2. The Bertz CT molecular complexity index is 2660. The van der Waals surface area contributed by atoms with Crippen LogP contribution in [0, 0.1) is 23.2 Å². The van der Waals surface area contributed by atoms with Crippen molar-refractivity contribution in [3.63, 3.8) is 0 Å². The van der Waals surface area contributed by atoms with Gasteiger partial charge in [-0.3, -0.25) is 51.6 Å². The van der Waals surface area contributed by atoms with Crippen molar-refractivity contribution < 1.29 is 76.9 Å². The maximum absolute atomic E-state index is 12.4. The Morgan fingerprint density at radius 3 is 1.23 bits per heavy atom. The summed E-state index contributed by atoms with van der Waals surface area (Å²) < 4.78 is 38.1. The Balaban J connectivity index is 0.000000348. The topological polar surface area (TPSA) is 414 Å². The summed E-state index contributed by atoms with van der Waals surface area (Å²) in [5.41, 5.74) is 10.1. The largest absolute Gasteiger partial charge is 0.454 e. The van der Waals surface area contributed by atoms with E-state index in [4.69, 9.17) is 73.1 Å². The average molecular weight is 1560 g/mol. The van der Waals surface area contributed by atoms with Gasteiger partial charge in [0.25, 0.3) is 0 Å². The molecule has 0 saturated carbocycles. The molecule has 12 atom stereocenters. The zero-order chi connectivity index (χ0) is 78.7. The van der Waals surface area contributed by atoms with Crippen molar-refractivity contribution in [3.05, 3.63) is 0 Å². The first kappa shape index (κ1) is 94.1. The van der Waals surface area contributed by atoms with Crippen LogP contribution in [0.2, 0.25) is 19.6 Å². The van der Waals surface area contributed by atoms with E-state index in [1.54, 1.807) is 9.80 Å². The fourth-order valence-corrected chi connectivity index (χ4v) is 12.6. The van der Waals surface area contributed by atoms with Crippen molar-refractivity contribution in [2.75, 3.05) is 53.1 Å². The lowest BCUT2D eigenvalue weighted by molar-refractivity contribution is -0.0637. The Hall–Kier alpha value is -6.07. The molecule has 8 aliphatic heterocycles. The number of aliphatic imine (C=N–C) groups is 3. The molecule has 0 aromatic carbocycles. The molecule has 12 unspecified atom stereocenters. The van der Waals surface area contributed by atoms with Gasteiger partial charge in [-0.25, -0.2) is 53.4 Å². The minimum absolute atomic E-state index is 0.0195. The molecule has 5 fully saturated rings. The number of rotatable bonds is 32. The van der Waals surface area contributed by atoms with Crippen molar-refractivity contribution in [1.82, 2.24) is 51.1 Å². The molecule has 0 bridgehead atoms. The highest BCUT2D eigenvalue weighted by atomic mass is 35.6. The number of carbonyl (C=O) groups is 7. The number of nitrogens with one attached hydrogen (secondary N) is 6. The van der Waals surface area contributed by atoms with Gasteiger partial charge in [0, 0.05) is 18.0 Å². The zero-order valence-electron chi connectivity index (χ0n) is 65.5. The quantitative estimate of drug-likeness (QED) is 0.00983. The number of nitrogens with zero attached hydrogens (tertiary/aromatic N) is 8. The molecule has 0 aromatic rings. The molecule has 610 valence electrons. The van der Waals surface area contributed by atoms with Gasteiger partial charge in [0.05, 0.1) is 50.8 Å². The van der Waals surface area contributed by atoms with E-state index in [0.29, 0.717) is 37.6 Å². The summed E-state index contributed by atoms with van der Waals surface area (Å²) >= 11 is 10.7. The lowest BCUT2D eigenvalue weighted by atomic mass is 10.0. The molecular formula is C71H132Cl2N16O16Si. The van der Waals surface area contributed by atoms with Gasteiger partial charge in [0.1, 0.15) is 65.1 Å². The monoisotopic (exact) mass is 1560 g/mol. The molecule has 8 rings (SSSR count). The Morgan fingerprint density at radius 1 is 0.528 bits per heavy atom. The Morgan fingerprint density at radius 2 is 0.868 bits per heavy atom. The van der Waals surface area contributed by atoms with Crippen LogP contribution in [0.4, 0.5) is 33.6 Å². The number of hydrogen-bond donors (Lipinski definition) is 10. The second-order valence-corrected chi connectivity index (χ2v) is 36.6. The molecule has 8 heterocycles. The molecule has 106 heavy (non-hydrogen) atoms. The normalized spacial score (nSPS) is 25.5. The van der Waals surface area contributed by atoms with Crippen LogP contribution in [0.3, 0.4) is 0 Å². The van der Waals surface area contributed by atoms with Gasteiger partial charge in [0.2, 0.25) is 11.9 Å². The molecule has 0 aliphatic carbocycles. The van der Waals surface area contributed by atoms with Crippen LogP contribution >= 0.6 is 22.7 Å². The molecule has 0 radical (unpaired) electrons. The van der Waals surface area contributed by atoms with Gasteiger partial charge < -0.3 is 54.8 Å². The van der Waals surface area contributed by atoms with Crippen LogP contribution in [0.15, 0.2) is 15.0 Å². The van der Waals surface area contributed by atoms with Crippen LogP contribution in [-0.4, -0.2) is 216 Å². The van der Waals surface area contributed by atoms with Crippen LogP contribution < -0.4 is 38.1 Å². The number of urea groups is 4. The lowest BCUT2D eigenvalue weighted by Crippen LogP contribution is -2.63. The Labute approximate surface area is 640 Å². The fraction of sp³-hybridized carbons (Fsp3) is 0.845. The standard InChI is InChI=1S/2C20H36N4O4.C10H19ClO2.C10H18N4O2.C8H14N4O4.C3H9ClSi/c1-4-6-7-8-9-10-11-12-27-20(26)24-14-23(19(25)22-18(24)21)17-13-15(3)16(5-2)28-17;1-4-6-7-8-9-10-11-12-27-20(26)23-18-21-14-24(19(25)22-18)17-13-15(3)16(5-2)28-17;1-2-3-4-5-6-7-8-9-13-10(11)12;1-3-7-6(2)4-8(16-7)14-5-12-9(11)13-10(14)15;9-7-10-3-12(8(15)11-7)6-1-4(14)5(2-13)16-6;1-5(2,3)4/h15-17H,4-14H2,1-3H3,(H2,21,22,25);15-17H,4-14H2,1-3H3,(H2,21,22,23,25,26);2-9H2,1H3;6-8H,3-5H2,1-2H3,(H3,11,12,13,15);4-6,13-14H,1-3H2,(H3,9,10,11,15);1-3H3. The number of ether oxygens (including phenoxy) is 7. The first-order chi connectivity index (χ1) is 50.5. The van der Waals surface area contributed by atoms with Gasteiger partial charge in [-0.1, -0.05) is 198 Å². The molecule has 0 aromatic heterocycles. The highest BCUT2D eigenvalue weighted by Gasteiger charge is 2.44. The second-order valence-electron chi connectivity index (χ2n) is 28.8. The molecule has 8 aliphatic rings. The van der Waals surface area contributed by atoms with Gasteiger partial charge in [0.15, 0.2) is 11.9 Å². The third-order valence-corrected chi connectivity index (χ3v) is 18.8. The summed E-state index contributed by atoms with van der Waals surface area (Å²) in [6, 6.07) is -1.36. The summed E-state index contributed by atoms with van der Waals surface area (Å²) in [6.07, 6.45) is 26.6. The van der Waals surface area contributed by atoms with Crippen LogP contribution in [0.25, 0.3) is 0 Å². The van der Waals surface area contributed by atoms with Gasteiger partial charge >= 0.3 is 41.7 Å². The van der Waals surface area contributed by atoms with E-state index in [0.717, 1.165) is 88.4 Å². The molecule has 0 spiro atoms. The number of nitrogens with two attached hydrogens (primary N) is 2. The molecular weight excluding hydrogens is 1430 g/mol. The first-order valence-electron chi connectivity index (χ1n) is 38.9. The number of amides is 10. The van der Waals surface area contributed by atoms with E-state index in [1.807, 2.05) is 0 Å². The summed E-state index contributed by atoms with van der Waals surface area (Å²) in [6.45, 7) is 26.9. The summed E-state index contributed by atoms with van der Waals surface area (Å²) in [7, 11) is -1.14. The number of guanidine groups is 4. The maximum atomic E-state index is 12.4. The molecule has 12 N–H and O–H groups in total. The van der Waals surface area contributed by atoms with Gasteiger partial charge in [-0.2, -0.15) is 11.1 Å². The lowest BCUT2D eigenvalue weighted by Gasteiger charge is -2.37. The van der Waals surface area contributed by atoms with E-state index in [9.17, 15) is 38.7 Å². The summed E-state index contributed by atoms with van der Waals surface area (Å²) in [5, 5.41) is 38.7. The third-order valence-electron chi connectivity index (χ3n) is 18.7. The van der Waals surface area contributed by atoms with Crippen LogP contribution in [-0.2, 0) is 33.2 Å². The van der Waals surface area contributed by atoms with Crippen molar-refractivity contribution in [2.24, 2.45) is 44.2 Å². The number of alkyl carbamates (subject to hydrolysis) is 1. The van der Waals surface area contributed by atoms with Crippen molar-refractivity contribution >= 4 is 95.6 Å². The van der Waals surface area contributed by atoms with Crippen molar-refractivity contribution in [3.8, 4) is 0 Å². The smallest absolute Gasteiger partial charge is 0.418 e. The molecule has 35 heteroatoms. The van der Waals surface area contributed by atoms with Gasteiger partial charge in [-0.05, 0) is 75.5 Å². The van der Waals surface area contributed by atoms with E-state index in [1.165, 1.54) is 99.7 Å². The first-order valence-corrected chi connectivity index (χ1v) is 43.7. The molecule has 32 nitrogen and oxygen atoms in total. The average Bonchev–Trinajstić information content (AvgIpc) is 1.53. The highest BCUT2D eigenvalue weighted by Crippen LogP contribution is 2.34. The number of unbranched alkanes of at least 4 members (excludes halogenated alkanes) is 18. The maximum Gasteiger partial charge on any atom is 0.418 e. The number of aliphatic hydroxyl groups excluding tert-OH is 2. The van der Waals surface area contributed by atoms with E-state index in [2.05, 4.69) is 128 Å². The summed E-state index contributed by atoms with van der Waals surface area (Å²) in [5.74, 6) is 1.37. The van der Waals surface area contributed by atoms with Crippen molar-refractivity contribution in [2.45, 2.75) is 317 Å². The summed E-state index contributed by atoms with van der Waals surface area (Å²) in [4.78, 5) is 101. The van der Waals surface area contributed by atoms with Crippen molar-refractivity contribution in [1.29, 1.82) is 5.41 Å². The number of halogens is 2. The van der Waals surface area contributed by atoms with E-state index in [-0.39, 0.29) is 113 Å². The molecule has 10 amide bonds. The van der Waals surface area contributed by atoms with E-state index >= 15 is 0 Å². The highest BCUT2D eigenvalue weighted by molar-refractivity contribution is 7.18. The Kier molecular flexibility index (Phi) is 46.3. The third kappa shape index (κ3) is 36.4.